The van der Waals surface area contributed by atoms with Crippen LogP contribution < -0.4 is 16.2 Å². The largest absolute Gasteiger partial charge is 0.393 e. The third-order valence-electron chi connectivity index (χ3n) is 2.95. The van der Waals surface area contributed by atoms with Crippen molar-refractivity contribution < 1.29 is 5.11 Å². The Hall–Kier alpha value is -1.40. The Morgan fingerprint density at radius 1 is 1.62 bits per heavy atom. The van der Waals surface area contributed by atoms with E-state index in [0.717, 1.165) is 25.3 Å². The minimum absolute atomic E-state index is 0.204. The number of anilines is 2. The predicted molar refractivity (Wildman–Crippen MR) is 61.8 cm³/mol. The second-order valence-corrected chi connectivity index (χ2v) is 4.16. The van der Waals surface area contributed by atoms with Crippen molar-refractivity contribution in [3.8, 4) is 0 Å². The van der Waals surface area contributed by atoms with E-state index >= 15 is 0 Å². The van der Waals surface area contributed by atoms with Crippen molar-refractivity contribution in [3.05, 3.63) is 12.3 Å². The summed E-state index contributed by atoms with van der Waals surface area (Å²) >= 11 is 0. The number of piperidine rings is 1. The third-order valence-corrected chi connectivity index (χ3v) is 2.95. The van der Waals surface area contributed by atoms with Crippen LogP contribution in [0.4, 0.5) is 11.8 Å². The van der Waals surface area contributed by atoms with Crippen LogP contribution in [0.5, 0.6) is 0 Å². The van der Waals surface area contributed by atoms with Crippen LogP contribution in [0.3, 0.4) is 0 Å². The molecule has 1 aliphatic rings. The number of nitrogen functional groups attached to an aromatic ring is 1. The van der Waals surface area contributed by atoms with Crippen molar-refractivity contribution in [1.82, 2.24) is 9.97 Å². The van der Waals surface area contributed by atoms with Crippen LogP contribution in [0.25, 0.3) is 0 Å². The summed E-state index contributed by atoms with van der Waals surface area (Å²) in [7, 11) is 0. The van der Waals surface area contributed by atoms with Crippen LogP contribution in [0.2, 0.25) is 0 Å². The summed E-state index contributed by atoms with van der Waals surface area (Å²) in [6, 6.07) is 1.85. The first-order chi connectivity index (χ1) is 7.70. The van der Waals surface area contributed by atoms with Gasteiger partial charge in [-0.1, -0.05) is 6.92 Å². The smallest absolute Gasteiger partial charge is 0.239 e. The lowest BCUT2D eigenvalue weighted by Gasteiger charge is -2.35. The van der Waals surface area contributed by atoms with Crippen molar-refractivity contribution >= 4 is 11.8 Å². The van der Waals surface area contributed by atoms with Gasteiger partial charge in [0.1, 0.15) is 5.82 Å². The standard InChI is InChI=1S/C10H17N5O/c1-7-6-15(5-3-8(7)16)9-2-4-12-10(13-9)14-11/h2,4,7-8,16H,3,5-6,11H2,1H3,(H,12,13,14). The SMILES string of the molecule is CC1CN(c2ccnc(NN)n2)CCC1O. The molecular weight excluding hydrogens is 206 g/mol. The lowest BCUT2D eigenvalue weighted by molar-refractivity contribution is 0.0969. The van der Waals surface area contributed by atoms with Crippen molar-refractivity contribution in [2.24, 2.45) is 11.8 Å². The summed E-state index contributed by atoms with van der Waals surface area (Å²) in [4.78, 5) is 10.4. The molecule has 1 aromatic rings. The quantitative estimate of drug-likeness (QED) is 0.482. The third kappa shape index (κ3) is 2.23. The minimum Gasteiger partial charge on any atom is -0.393 e. The molecule has 16 heavy (non-hydrogen) atoms. The van der Waals surface area contributed by atoms with Crippen LogP contribution in [-0.4, -0.2) is 34.3 Å². The van der Waals surface area contributed by atoms with Gasteiger partial charge in [-0.15, -0.1) is 0 Å². The van der Waals surface area contributed by atoms with E-state index in [1.165, 1.54) is 0 Å². The number of aromatic nitrogens is 2. The second-order valence-electron chi connectivity index (χ2n) is 4.16. The molecule has 2 unspecified atom stereocenters. The maximum atomic E-state index is 9.65. The molecule has 2 heterocycles. The summed E-state index contributed by atoms with van der Waals surface area (Å²) in [5.74, 6) is 6.79. The summed E-state index contributed by atoms with van der Waals surface area (Å²) in [6.45, 7) is 3.66. The predicted octanol–water partition coefficient (Wildman–Crippen LogP) is -0.0307. The number of hydrazine groups is 1. The molecule has 0 aromatic carbocycles. The number of nitrogens with zero attached hydrogens (tertiary/aromatic N) is 3. The van der Waals surface area contributed by atoms with E-state index in [1.54, 1.807) is 6.20 Å². The Morgan fingerprint density at radius 2 is 2.44 bits per heavy atom. The van der Waals surface area contributed by atoms with Gasteiger partial charge in [-0.2, -0.15) is 4.98 Å². The van der Waals surface area contributed by atoms with E-state index in [4.69, 9.17) is 5.84 Å². The van der Waals surface area contributed by atoms with Gasteiger partial charge in [-0.3, -0.25) is 5.43 Å². The van der Waals surface area contributed by atoms with Gasteiger partial charge < -0.3 is 10.0 Å². The highest BCUT2D eigenvalue weighted by Gasteiger charge is 2.24. The maximum Gasteiger partial charge on any atom is 0.239 e. The number of aliphatic hydroxyl groups excluding tert-OH is 1. The maximum absolute atomic E-state index is 9.65. The van der Waals surface area contributed by atoms with E-state index < -0.39 is 0 Å². The van der Waals surface area contributed by atoms with Gasteiger partial charge in [0.15, 0.2) is 0 Å². The Balaban J connectivity index is 2.12. The van der Waals surface area contributed by atoms with Crippen LogP contribution in [0, 0.1) is 5.92 Å². The second kappa shape index (κ2) is 4.63. The van der Waals surface area contributed by atoms with Crippen LogP contribution in [0.15, 0.2) is 12.3 Å². The topological polar surface area (TPSA) is 87.3 Å². The molecule has 1 aromatic heterocycles. The molecule has 1 saturated heterocycles. The molecule has 1 fully saturated rings. The van der Waals surface area contributed by atoms with Gasteiger partial charge in [-0.25, -0.2) is 10.8 Å². The zero-order valence-corrected chi connectivity index (χ0v) is 9.30. The van der Waals surface area contributed by atoms with Gasteiger partial charge in [0, 0.05) is 19.3 Å². The molecule has 88 valence electrons. The van der Waals surface area contributed by atoms with Crippen LogP contribution in [-0.2, 0) is 0 Å². The molecule has 0 saturated carbocycles. The number of nitrogens with one attached hydrogen (secondary N) is 1. The number of hydrogen-bond donors (Lipinski definition) is 3. The molecule has 1 aliphatic heterocycles. The monoisotopic (exact) mass is 223 g/mol. The number of nitrogens with two attached hydrogens (primary N) is 1. The fourth-order valence-corrected chi connectivity index (χ4v) is 1.94. The summed E-state index contributed by atoms with van der Waals surface area (Å²) in [6.07, 6.45) is 2.24. The zero-order valence-electron chi connectivity index (χ0n) is 9.30. The van der Waals surface area contributed by atoms with Gasteiger partial charge in [0.25, 0.3) is 0 Å². The average Bonchev–Trinajstić information content (AvgIpc) is 2.33. The molecule has 0 radical (unpaired) electrons. The van der Waals surface area contributed by atoms with Gasteiger partial charge in [0.2, 0.25) is 5.95 Å². The molecule has 0 amide bonds. The first-order valence-corrected chi connectivity index (χ1v) is 5.43. The molecule has 0 aliphatic carbocycles. The van der Waals surface area contributed by atoms with Crippen molar-refractivity contribution in [3.63, 3.8) is 0 Å². The highest BCUT2D eigenvalue weighted by Crippen LogP contribution is 2.21. The van der Waals surface area contributed by atoms with Gasteiger partial charge >= 0.3 is 0 Å². The molecule has 4 N–H and O–H groups in total. The summed E-state index contributed by atoms with van der Waals surface area (Å²) in [5.41, 5.74) is 2.43. The Morgan fingerprint density at radius 3 is 3.12 bits per heavy atom. The van der Waals surface area contributed by atoms with E-state index in [2.05, 4.69) is 20.3 Å². The van der Waals surface area contributed by atoms with Gasteiger partial charge in [-0.05, 0) is 18.4 Å². The van der Waals surface area contributed by atoms with Crippen molar-refractivity contribution in [2.45, 2.75) is 19.4 Å². The average molecular weight is 223 g/mol. The first-order valence-electron chi connectivity index (χ1n) is 5.43. The van der Waals surface area contributed by atoms with E-state index in [-0.39, 0.29) is 12.0 Å². The highest BCUT2D eigenvalue weighted by atomic mass is 16.3. The molecule has 2 atom stereocenters. The Bertz CT molecular complexity index is 359. The van der Waals surface area contributed by atoms with Gasteiger partial charge in [0.05, 0.1) is 6.10 Å². The fraction of sp³-hybridized carbons (Fsp3) is 0.600. The van der Waals surface area contributed by atoms with Crippen molar-refractivity contribution in [1.29, 1.82) is 0 Å². The number of hydrogen-bond acceptors (Lipinski definition) is 6. The Labute approximate surface area is 94.5 Å². The first kappa shape index (κ1) is 11.1. The minimum atomic E-state index is -0.204. The number of rotatable bonds is 2. The molecule has 2 rings (SSSR count). The molecular formula is C10H17N5O. The van der Waals surface area contributed by atoms with E-state index in [1.807, 2.05) is 13.0 Å². The van der Waals surface area contributed by atoms with E-state index in [9.17, 15) is 5.11 Å². The Kier molecular flexibility index (Phi) is 3.21. The molecule has 6 nitrogen and oxygen atoms in total. The lowest BCUT2D eigenvalue weighted by Crippen LogP contribution is -2.42. The summed E-state index contributed by atoms with van der Waals surface area (Å²) in [5, 5.41) is 9.65. The highest BCUT2D eigenvalue weighted by molar-refractivity contribution is 5.42. The normalized spacial score (nSPS) is 25.6. The summed E-state index contributed by atoms with van der Waals surface area (Å²) < 4.78 is 0. The fourth-order valence-electron chi connectivity index (χ4n) is 1.94. The molecule has 0 spiro atoms. The zero-order chi connectivity index (χ0) is 11.5. The van der Waals surface area contributed by atoms with Crippen LogP contribution in [0.1, 0.15) is 13.3 Å². The van der Waals surface area contributed by atoms with E-state index in [0.29, 0.717) is 5.95 Å². The lowest BCUT2D eigenvalue weighted by atomic mass is 9.97. The molecule has 6 heteroatoms. The molecule has 0 bridgehead atoms. The van der Waals surface area contributed by atoms with Crippen LogP contribution >= 0.6 is 0 Å². The van der Waals surface area contributed by atoms with Crippen molar-refractivity contribution in [2.75, 3.05) is 23.4 Å². The number of aliphatic hydroxyl groups is 1.